The van der Waals surface area contributed by atoms with Crippen LogP contribution in [-0.4, -0.2) is 6.54 Å². The van der Waals surface area contributed by atoms with Crippen LogP contribution in [0, 0.1) is 6.92 Å². The van der Waals surface area contributed by atoms with Crippen molar-refractivity contribution >= 4 is 11.3 Å². The first-order valence-corrected chi connectivity index (χ1v) is 5.45. The molecule has 1 nitrogen and oxygen atoms in total. The summed E-state index contributed by atoms with van der Waals surface area (Å²) in [5.41, 5.74) is 4.91. The van der Waals surface area contributed by atoms with E-state index in [9.17, 15) is 4.39 Å². The lowest BCUT2D eigenvalue weighted by atomic mass is 9.93. The Morgan fingerprint density at radius 2 is 2.31 bits per heavy atom. The van der Waals surface area contributed by atoms with Crippen molar-refractivity contribution in [1.82, 2.24) is 0 Å². The number of halogens is 1. The minimum absolute atomic E-state index is 0.0804. The molecule has 13 heavy (non-hydrogen) atoms. The van der Waals surface area contributed by atoms with Gasteiger partial charge >= 0.3 is 0 Å². The van der Waals surface area contributed by atoms with E-state index in [1.54, 1.807) is 11.3 Å². The van der Waals surface area contributed by atoms with Crippen molar-refractivity contribution in [2.45, 2.75) is 32.4 Å². The van der Waals surface area contributed by atoms with E-state index in [-0.39, 0.29) is 6.54 Å². The maximum atomic E-state index is 14.1. The Labute approximate surface area is 82.8 Å². The predicted molar refractivity (Wildman–Crippen MR) is 55.8 cm³/mol. The summed E-state index contributed by atoms with van der Waals surface area (Å²) in [6.45, 7) is 4.04. The van der Waals surface area contributed by atoms with Gasteiger partial charge in [0.15, 0.2) is 0 Å². The molecule has 0 aliphatic carbocycles. The lowest BCUT2D eigenvalue weighted by Gasteiger charge is -2.21. The van der Waals surface area contributed by atoms with Gasteiger partial charge in [0.25, 0.3) is 0 Å². The molecule has 0 saturated carbocycles. The first-order chi connectivity index (χ1) is 6.12. The van der Waals surface area contributed by atoms with Crippen LogP contribution in [0.1, 0.15) is 30.2 Å². The fraction of sp³-hybridized carbons (Fsp3) is 0.600. The molecule has 0 aliphatic rings. The zero-order valence-electron chi connectivity index (χ0n) is 8.14. The molecule has 0 amide bonds. The van der Waals surface area contributed by atoms with E-state index < -0.39 is 5.67 Å². The monoisotopic (exact) mass is 201 g/mol. The average Bonchev–Trinajstić information content (AvgIpc) is 2.52. The molecule has 2 N–H and O–H groups in total. The van der Waals surface area contributed by atoms with Crippen molar-refractivity contribution < 1.29 is 4.39 Å². The molecular weight excluding hydrogens is 185 g/mol. The van der Waals surface area contributed by atoms with Crippen LogP contribution in [0.4, 0.5) is 4.39 Å². The van der Waals surface area contributed by atoms with Gasteiger partial charge in [0.1, 0.15) is 5.67 Å². The van der Waals surface area contributed by atoms with Crippen LogP contribution >= 0.6 is 11.3 Å². The molecule has 0 fully saturated rings. The maximum Gasteiger partial charge on any atom is 0.148 e. The number of aryl methyl sites for hydroxylation is 1. The van der Waals surface area contributed by atoms with Gasteiger partial charge in [0.2, 0.25) is 0 Å². The molecule has 0 aromatic carbocycles. The Hall–Kier alpha value is -0.410. The third-order valence-electron chi connectivity index (χ3n) is 2.22. The van der Waals surface area contributed by atoms with Gasteiger partial charge in [0.05, 0.1) is 0 Å². The smallest absolute Gasteiger partial charge is 0.148 e. The van der Waals surface area contributed by atoms with Gasteiger partial charge in [-0.05, 0) is 24.8 Å². The predicted octanol–water partition coefficient (Wildman–Crippen LogP) is 2.98. The lowest BCUT2D eigenvalue weighted by molar-refractivity contribution is 0.160. The van der Waals surface area contributed by atoms with Crippen molar-refractivity contribution in [3.63, 3.8) is 0 Å². The van der Waals surface area contributed by atoms with E-state index in [4.69, 9.17) is 5.73 Å². The van der Waals surface area contributed by atoms with Crippen LogP contribution in [0.3, 0.4) is 0 Å². The number of hydrogen-bond donors (Lipinski definition) is 1. The topological polar surface area (TPSA) is 26.0 Å². The third-order valence-corrected chi connectivity index (χ3v) is 3.08. The van der Waals surface area contributed by atoms with Crippen LogP contribution in [0.15, 0.2) is 11.4 Å². The minimum atomic E-state index is -1.31. The Morgan fingerprint density at radius 3 is 2.69 bits per heavy atom. The van der Waals surface area contributed by atoms with Gasteiger partial charge in [-0.25, -0.2) is 4.39 Å². The summed E-state index contributed by atoms with van der Waals surface area (Å²) in [4.78, 5) is 1.14. The molecule has 1 unspecified atom stereocenters. The molecule has 0 saturated heterocycles. The third kappa shape index (κ3) is 2.29. The fourth-order valence-electron chi connectivity index (χ4n) is 1.44. The van der Waals surface area contributed by atoms with Crippen LogP contribution in [0.25, 0.3) is 0 Å². The van der Waals surface area contributed by atoms with Crippen LogP contribution in [0.2, 0.25) is 0 Å². The van der Waals surface area contributed by atoms with Crippen molar-refractivity contribution in [2.24, 2.45) is 5.73 Å². The molecule has 1 atom stereocenters. The summed E-state index contributed by atoms with van der Waals surface area (Å²) < 4.78 is 14.1. The molecule has 1 aromatic rings. The summed E-state index contributed by atoms with van der Waals surface area (Å²) in [5, 5.41) is 1.87. The summed E-state index contributed by atoms with van der Waals surface area (Å²) >= 11 is 1.58. The minimum Gasteiger partial charge on any atom is -0.327 e. The normalized spacial score (nSPS) is 15.7. The summed E-state index contributed by atoms with van der Waals surface area (Å²) in [7, 11) is 0. The van der Waals surface area contributed by atoms with E-state index in [1.807, 2.05) is 25.3 Å². The molecular formula is C10H16FNS. The van der Waals surface area contributed by atoms with Crippen LogP contribution in [-0.2, 0) is 5.67 Å². The van der Waals surface area contributed by atoms with Gasteiger partial charge in [-0.15, -0.1) is 11.3 Å². The highest BCUT2D eigenvalue weighted by atomic mass is 32.1. The number of nitrogens with two attached hydrogens (primary N) is 1. The molecule has 0 aliphatic heterocycles. The van der Waals surface area contributed by atoms with Crippen molar-refractivity contribution in [3.8, 4) is 0 Å². The van der Waals surface area contributed by atoms with E-state index in [0.29, 0.717) is 6.42 Å². The average molecular weight is 201 g/mol. The van der Waals surface area contributed by atoms with Crippen LogP contribution in [0.5, 0.6) is 0 Å². The Bertz CT molecular complexity index is 272. The Balaban J connectivity index is 2.88. The Morgan fingerprint density at radius 1 is 1.62 bits per heavy atom. The molecule has 1 rings (SSSR count). The van der Waals surface area contributed by atoms with Crippen molar-refractivity contribution in [1.29, 1.82) is 0 Å². The second-order valence-corrected chi connectivity index (χ2v) is 4.48. The Kier molecular flexibility index (Phi) is 3.45. The van der Waals surface area contributed by atoms with E-state index in [2.05, 4.69) is 0 Å². The van der Waals surface area contributed by atoms with E-state index >= 15 is 0 Å². The SMILES string of the molecule is CCCC(F)(CN)c1csc(C)c1. The zero-order chi connectivity index (χ0) is 9.90. The number of thiophene rings is 1. The van der Waals surface area contributed by atoms with Gasteiger partial charge in [-0.2, -0.15) is 0 Å². The summed E-state index contributed by atoms with van der Waals surface area (Å²) in [5.74, 6) is 0. The van der Waals surface area contributed by atoms with E-state index in [0.717, 1.165) is 16.9 Å². The highest BCUT2D eigenvalue weighted by Crippen LogP contribution is 2.32. The number of alkyl halides is 1. The summed E-state index contributed by atoms with van der Waals surface area (Å²) in [6, 6.07) is 1.90. The fourth-order valence-corrected chi connectivity index (χ4v) is 2.23. The number of hydrogen-bond acceptors (Lipinski definition) is 2. The summed E-state index contributed by atoms with van der Waals surface area (Å²) in [6.07, 6.45) is 1.34. The molecule has 0 bridgehead atoms. The van der Waals surface area contributed by atoms with Gasteiger partial charge in [0, 0.05) is 17.0 Å². The zero-order valence-corrected chi connectivity index (χ0v) is 8.96. The molecule has 0 radical (unpaired) electrons. The molecule has 0 spiro atoms. The molecule has 74 valence electrons. The van der Waals surface area contributed by atoms with Crippen molar-refractivity contribution in [2.75, 3.05) is 6.54 Å². The highest BCUT2D eigenvalue weighted by molar-refractivity contribution is 7.10. The van der Waals surface area contributed by atoms with Crippen LogP contribution < -0.4 is 5.73 Å². The van der Waals surface area contributed by atoms with E-state index in [1.165, 1.54) is 0 Å². The number of rotatable bonds is 4. The van der Waals surface area contributed by atoms with Gasteiger partial charge in [-0.3, -0.25) is 0 Å². The molecule has 1 aromatic heterocycles. The highest BCUT2D eigenvalue weighted by Gasteiger charge is 2.29. The maximum absolute atomic E-state index is 14.1. The molecule has 3 heteroatoms. The first kappa shape index (κ1) is 10.7. The van der Waals surface area contributed by atoms with Gasteiger partial charge < -0.3 is 5.73 Å². The largest absolute Gasteiger partial charge is 0.327 e. The second-order valence-electron chi connectivity index (χ2n) is 3.37. The standard InChI is InChI=1S/C10H16FNS/c1-3-4-10(11,7-12)9-5-8(2)13-6-9/h5-6H,3-4,7,12H2,1-2H3. The quantitative estimate of drug-likeness (QED) is 0.796. The first-order valence-electron chi connectivity index (χ1n) is 4.57. The lowest BCUT2D eigenvalue weighted by Crippen LogP contribution is -2.29. The second kappa shape index (κ2) is 4.20. The molecule has 1 heterocycles. The van der Waals surface area contributed by atoms with Crippen molar-refractivity contribution in [3.05, 3.63) is 21.9 Å². The van der Waals surface area contributed by atoms with Gasteiger partial charge in [-0.1, -0.05) is 13.3 Å².